The first-order valence-corrected chi connectivity index (χ1v) is 9.61. The molecule has 2 aliphatic rings. The number of hydrogen-bond acceptors (Lipinski definition) is 6. The number of esters is 1. The van der Waals surface area contributed by atoms with E-state index in [1.165, 1.54) is 25.5 Å². The molecule has 6 nitrogen and oxygen atoms in total. The molecule has 1 atom stereocenters. The lowest BCUT2D eigenvalue weighted by Crippen LogP contribution is -2.42. The van der Waals surface area contributed by atoms with Crippen molar-refractivity contribution in [3.63, 3.8) is 0 Å². The van der Waals surface area contributed by atoms with Crippen molar-refractivity contribution in [3.8, 4) is 0 Å². The van der Waals surface area contributed by atoms with Gasteiger partial charge in [-0.25, -0.2) is 4.79 Å². The van der Waals surface area contributed by atoms with Crippen LogP contribution in [-0.2, 0) is 14.3 Å². The highest BCUT2D eigenvalue weighted by molar-refractivity contribution is 8.18. The number of thioether (sulfide) groups is 1. The maximum atomic E-state index is 12.5. The molecule has 7 heteroatoms. The van der Waals surface area contributed by atoms with E-state index in [0.717, 1.165) is 35.3 Å². The van der Waals surface area contributed by atoms with Crippen molar-refractivity contribution in [2.75, 3.05) is 24.6 Å². The summed E-state index contributed by atoms with van der Waals surface area (Å²) in [6.45, 7) is 5.54. The molecule has 0 aliphatic carbocycles. The molecule has 1 aromatic rings. The Bertz CT molecular complexity index is 738. The lowest BCUT2D eigenvalue weighted by Gasteiger charge is -2.19. The Labute approximate surface area is 157 Å². The number of carbonyl (C=O) groups excluding carboxylic acids is 3. The Kier molecular flexibility index (Phi) is 5.66. The topological polar surface area (TPSA) is 66.9 Å². The van der Waals surface area contributed by atoms with Gasteiger partial charge in [0.25, 0.3) is 11.1 Å². The van der Waals surface area contributed by atoms with Crippen molar-refractivity contribution in [1.29, 1.82) is 0 Å². The first-order valence-electron chi connectivity index (χ1n) is 8.80. The van der Waals surface area contributed by atoms with Crippen LogP contribution < -0.4 is 4.90 Å². The minimum absolute atomic E-state index is 0.207. The van der Waals surface area contributed by atoms with Crippen LogP contribution in [0, 0.1) is 0 Å². The molecule has 0 spiro atoms. The summed E-state index contributed by atoms with van der Waals surface area (Å²) >= 11 is 0.850. The predicted molar refractivity (Wildman–Crippen MR) is 102 cm³/mol. The lowest BCUT2D eigenvalue weighted by atomic mass is 10.1. The van der Waals surface area contributed by atoms with Gasteiger partial charge in [-0.1, -0.05) is 12.1 Å². The number of imide groups is 1. The third-order valence-electron chi connectivity index (χ3n) is 4.50. The quantitative estimate of drug-likeness (QED) is 0.582. The van der Waals surface area contributed by atoms with Gasteiger partial charge in [0.05, 0.1) is 11.5 Å². The Hall–Kier alpha value is -2.28. The molecule has 2 fully saturated rings. The van der Waals surface area contributed by atoms with Crippen LogP contribution in [0.1, 0.15) is 32.3 Å². The number of benzene rings is 1. The fourth-order valence-corrected chi connectivity index (χ4v) is 4.00. The highest BCUT2D eigenvalue weighted by Crippen LogP contribution is 2.34. The molecular weight excluding hydrogens is 352 g/mol. The molecule has 0 unspecified atom stereocenters. The van der Waals surface area contributed by atoms with E-state index >= 15 is 0 Å². The number of hydrogen-bond donors (Lipinski definition) is 0. The Balaban J connectivity index is 1.74. The molecule has 2 heterocycles. The molecule has 26 heavy (non-hydrogen) atoms. The van der Waals surface area contributed by atoms with E-state index in [4.69, 9.17) is 4.74 Å². The number of ether oxygens (including phenoxy) is 1. The zero-order valence-corrected chi connectivity index (χ0v) is 15.8. The fraction of sp³-hybridized carbons (Fsp3) is 0.421. The number of anilines is 1. The average Bonchev–Trinajstić information content (AvgIpc) is 3.24. The summed E-state index contributed by atoms with van der Waals surface area (Å²) in [5.41, 5.74) is 2.02. The second kappa shape index (κ2) is 7.95. The molecular formula is C19H22N2O4S. The van der Waals surface area contributed by atoms with Crippen molar-refractivity contribution < 1.29 is 19.1 Å². The smallest absolute Gasteiger partial charge is 0.329 e. The van der Waals surface area contributed by atoms with Crippen LogP contribution in [0.2, 0.25) is 0 Å². The van der Waals surface area contributed by atoms with Crippen LogP contribution in [0.15, 0.2) is 29.2 Å². The summed E-state index contributed by atoms with van der Waals surface area (Å²) in [4.78, 5) is 40.2. The molecule has 2 saturated heterocycles. The third kappa shape index (κ3) is 3.77. The normalized spacial score (nSPS) is 20.2. The number of nitrogens with zero attached hydrogens (tertiary/aromatic N) is 2. The van der Waals surface area contributed by atoms with E-state index in [1.807, 2.05) is 24.3 Å². The van der Waals surface area contributed by atoms with Crippen LogP contribution >= 0.6 is 11.8 Å². The molecule has 0 aromatic heterocycles. The van der Waals surface area contributed by atoms with Crippen LogP contribution in [0.3, 0.4) is 0 Å². The Morgan fingerprint density at radius 1 is 1.23 bits per heavy atom. The summed E-state index contributed by atoms with van der Waals surface area (Å²) in [6.07, 6.45) is 4.12. The van der Waals surface area contributed by atoms with Crippen LogP contribution in [-0.4, -0.2) is 47.8 Å². The second-order valence-corrected chi connectivity index (χ2v) is 7.26. The molecule has 138 valence electrons. The van der Waals surface area contributed by atoms with Crippen LogP contribution in [0.25, 0.3) is 6.08 Å². The molecule has 0 N–H and O–H groups in total. The van der Waals surface area contributed by atoms with Crippen molar-refractivity contribution >= 4 is 40.6 Å². The Morgan fingerprint density at radius 2 is 1.88 bits per heavy atom. The molecule has 0 saturated carbocycles. The van der Waals surface area contributed by atoms with Crippen molar-refractivity contribution in [3.05, 3.63) is 34.7 Å². The first kappa shape index (κ1) is 18.5. The zero-order chi connectivity index (χ0) is 18.7. The van der Waals surface area contributed by atoms with Gasteiger partial charge < -0.3 is 9.64 Å². The van der Waals surface area contributed by atoms with Gasteiger partial charge in [-0.2, -0.15) is 0 Å². The van der Waals surface area contributed by atoms with Crippen LogP contribution in [0.5, 0.6) is 0 Å². The monoisotopic (exact) mass is 374 g/mol. The van der Waals surface area contributed by atoms with Gasteiger partial charge in [0, 0.05) is 18.8 Å². The van der Waals surface area contributed by atoms with Gasteiger partial charge in [-0.05, 0) is 62.2 Å². The van der Waals surface area contributed by atoms with E-state index in [1.54, 1.807) is 13.0 Å². The highest BCUT2D eigenvalue weighted by Gasteiger charge is 2.41. The minimum atomic E-state index is -0.925. The number of rotatable bonds is 5. The summed E-state index contributed by atoms with van der Waals surface area (Å²) in [7, 11) is 0. The molecule has 3 rings (SSSR count). The van der Waals surface area contributed by atoms with Gasteiger partial charge in [0.1, 0.15) is 6.04 Å². The maximum Gasteiger partial charge on any atom is 0.329 e. The van der Waals surface area contributed by atoms with Gasteiger partial charge in [0.2, 0.25) is 0 Å². The van der Waals surface area contributed by atoms with Crippen molar-refractivity contribution in [1.82, 2.24) is 4.90 Å². The predicted octanol–water partition coefficient (Wildman–Crippen LogP) is 3.27. The molecule has 1 aromatic carbocycles. The van der Waals surface area contributed by atoms with E-state index in [9.17, 15) is 14.4 Å². The first-order chi connectivity index (χ1) is 12.5. The lowest BCUT2D eigenvalue weighted by molar-refractivity contribution is -0.150. The summed E-state index contributed by atoms with van der Waals surface area (Å²) < 4.78 is 4.91. The Morgan fingerprint density at radius 3 is 2.50 bits per heavy atom. The summed E-state index contributed by atoms with van der Waals surface area (Å²) in [6, 6.07) is 7.02. The van der Waals surface area contributed by atoms with Crippen molar-refractivity contribution in [2.45, 2.75) is 32.7 Å². The van der Waals surface area contributed by atoms with Crippen molar-refractivity contribution in [2.24, 2.45) is 0 Å². The van der Waals surface area contributed by atoms with Gasteiger partial charge in [0.15, 0.2) is 0 Å². The fourth-order valence-electron chi connectivity index (χ4n) is 3.09. The largest absolute Gasteiger partial charge is 0.464 e. The zero-order valence-electron chi connectivity index (χ0n) is 14.9. The average molecular weight is 374 g/mol. The summed E-state index contributed by atoms with van der Waals surface area (Å²) in [5, 5.41) is -0.449. The second-order valence-electron chi connectivity index (χ2n) is 6.27. The molecule has 2 aliphatic heterocycles. The van der Waals surface area contributed by atoms with Gasteiger partial charge in [-0.3, -0.25) is 14.5 Å². The molecule has 0 radical (unpaired) electrons. The molecule has 0 bridgehead atoms. The third-order valence-corrected chi connectivity index (χ3v) is 5.38. The van der Waals surface area contributed by atoms with Gasteiger partial charge in [-0.15, -0.1) is 0 Å². The standard InChI is InChI=1S/C19H22N2O4S/c1-3-25-18(23)13(2)21-17(22)16(26-19(21)24)12-14-6-8-15(9-7-14)20-10-4-5-11-20/h6-9,12-13H,3-5,10-11H2,1-2H3/b16-12+/t13-/m0/s1. The number of amides is 2. The highest BCUT2D eigenvalue weighted by atomic mass is 32.2. The van der Waals surface area contributed by atoms with E-state index in [2.05, 4.69) is 4.90 Å². The minimum Gasteiger partial charge on any atom is -0.464 e. The van der Waals surface area contributed by atoms with E-state index < -0.39 is 23.2 Å². The van der Waals surface area contributed by atoms with E-state index in [0.29, 0.717) is 4.91 Å². The maximum absolute atomic E-state index is 12.5. The molecule has 2 amide bonds. The summed E-state index contributed by atoms with van der Waals surface area (Å²) in [5.74, 6) is -1.03. The SMILES string of the molecule is CCOC(=O)[C@H](C)N1C(=O)S/C(=C/c2ccc(N3CCCC3)cc2)C1=O. The van der Waals surface area contributed by atoms with Gasteiger partial charge >= 0.3 is 5.97 Å². The number of carbonyl (C=O) groups is 3. The van der Waals surface area contributed by atoms with E-state index in [-0.39, 0.29) is 6.61 Å². The van der Waals surface area contributed by atoms with Crippen LogP contribution in [0.4, 0.5) is 10.5 Å².